The van der Waals surface area contributed by atoms with Crippen LogP contribution in [-0.4, -0.2) is 144 Å². The third kappa shape index (κ3) is 21.0. The zero-order valence-electron chi connectivity index (χ0n) is 98.5. The van der Waals surface area contributed by atoms with Crippen LogP contribution >= 0.6 is 0 Å². The number of hydrogen-bond donors (Lipinski definition) is 10. The Morgan fingerprint density at radius 2 is 0.500 bits per heavy atom. The maximum Gasteiger partial charge on any atom is 1.00 e. The van der Waals surface area contributed by atoms with Gasteiger partial charge < -0.3 is 69.0 Å². The van der Waals surface area contributed by atoms with Crippen LogP contribution in [0.25, 0.3) is 0 Å². The Balaban J connectivity index is 0.000000138. The normalized spacial score (nSPS) is 52.0. The van der Waals surface area contributed by atoms with Crippen LogP contribution < -0.4 is 29.6 Å². The van der Waals surface area contributed by atoms with E-state index in [-0.39, 0.29) is 152 Å². The second kappa shape index (κ2) is 47.2. The summed E-state index contributed by atoms with van der Waals surface area (Å²) in [5.41, 5.74) is 2.82. The number of hydrogen-bond acceptors (Lipinski definition) is 17. The van der Waals surface area contributed by atoms with E-state index >= 15 is 0 Å². The van der Waals surface area contributed by atoms with Crippen LogP contribution in [0.2, 0.25) is 0 Å². The molecule has 0 amide bonds. The maximum absolute atomic E-state index is 12.0. The van der Waals surface area contributed by atoms with E-state index in [1.165, 1.54) is 162 Å². The van der Waals surface area contributed by atoms with Crippen LogP contribution in [0.15, 0.2) is 0 Å². The van der Waals surface area contributed by atoms with E-state index in [0.29, 0.717) is 213 Å². The Bertz CT molecular complexity index is 4350. The molecule has 10 N–H and O–H groups in total. The molecule has 0 aromatic heterocycles. The molecule has 148 heavy (non-hydrogen) atoms. The summed E-state index contributed by atoms with van der Waals surface area (Å²) in [4.78, 5) is 35.3. The van der Waals surface area contributed by atoms with Gasteiger partial charge in [0.05, 0.1) is 63.1 Å². The third-order valence-electron chi connectivity index (χ3n) is 54.6. The van der Waals surface area contributed by atoms with Crippen molar-refractivity contribution in [3.8, 4) is 0 Å². The average Bonchev–Trinajstić information content (AvgIpc) is 1.45. The van der Waals surface area contributed by atoms with Crippen molar-refractivity contribution < 1.29 is 113 Å². The van der Waals surface area contributed by atoms with E-state index < -0.39 is 16.7 Å². The minimum atomic E-state index is -1.95. The predicted molar refractivity (Wildman–Crippen MR) is 586 cm³/mol. The maximum atomic E-state index is 12.0. The number of ether oxygens (including phenoxy) is 2. The summed E-state index contributed by atoms with van der Waals surface area (Å²) in [6.07, 6.45) is 47.8. The molecule has 20 rings (SSSR count). The largest absolute Gasteiger partial charge is 1.00 e. The van der Waals surface area contributed by atoms with E-state index in [9.17, 15) is 73.9 Å². The molecule has 20 aliphatic carbocycles. The number of carbonyl (C=O) groups is 3. The first-order chi connectivity index (χ1) is 69.4. The standard InChI is InChI=1S/C27H46O3.C26H44O4.C26H46O2.C25H43O4S.C25H42O4.Na/c1-7-18-22-14-16(2)10-12-27(22,5)21-11-13-26(4)19(17(3)15-23(28)30-6)8-9-20(26)24(21)25(18)29;1-6-17-21-14-16(27)9-11-26(21,4)20-10-12-25(3)18(15(2)13-22(28)30-5)7-8-19(25)23(20)24(17)29;1-6-18-22-15-16(2)9-12-26(22,5)21-10-13-25(4)19(17(3)11-14-27)7-8-20(25)23(21)24(18)28;1-5-17-21-14-16(26)8-11-25(21,4)20-9-12-24(3)18(15(2)10-13-30(28)29)6-7-19(24)22(20)23(17)27;1-5-16-20-13-15(26)8-10-25(20,4)19-9-11-24(3)17(14(2)12-21(27)28)6-7-18(24)22(19)23(16)29;/h16-22,24-25,29H,7-15H2,1-6H3;15-21,23-24,27,29H,6-14H2,1-5H3;16-24,27-28H,6-15H2,1-5H3;15-23,26-27H,5-14H2,1-4H3;14-20,22-23,26,29H,5-13H2,1-4H3,(H,27,28);/q;;;-1;;+1/t16-,17-,18-,19-,20+,21+,22+,24+,25-,26-,27-;15-,16-,17-,18-,19+,20+,21+,23+,24-,25-,26-;16-,17-,18-,19-,20+,21+,22+,23+,24-,25-,26-;15-,16-,17-,18-,19+,20+,21+,22+,23-,24-,25-;14-,15-,16-,17-,18+,19+,20+,22+,23-,24-,25-;/m11111./s1. The van der Waals surface area contributed by atoms with Gasteiger partial charge in [0.1, 0.15) is 0 Å². The van der Waals surface area contributed by atoms with E-state index in [0.717, 1.165) is 152 Å². The quantitative estimate of drug-likeness (QED) is 0.0290. The van der Waals surface area contributed by atoms with Crippen molar-refractivity contribution >= 4 is 28.6 Å². The smallest absolute Gasteiger partial charge is 0.481 e. The van der Waals surface area contributed by atoms with Gasteiger partial charge in [-0.25, -0.2) is 0 Å². The average molecular weight is 2100 g/mol. The van der Waals surface area contributed by atoms with Crippen molar-refractivity contribution in [1.29, 1.82) is 0 Å². The molecule has 19 heteroatoms. The molecular formula is C129H221NaO17S. The fraction of sp³-hybridized carbons (Fsp3) is 0.977. The molecule has 0 aromatic rings. The molecule has 0 unspecified atom stereocenters. The number of carboxylic acids is 1. The monoisotopic (exact) mass is 2100 g/mol. The zero-order chi connectivity index (χ0) is 107. The van der Waals surface area contributed by atoms with Crippen molar-refractivity contribution in [2.24, 2.45) is 273 Å². The van der Waals surface area contributed by atoms with E-state index in [2.05, 4.69) is 152 Å². The Hall–Kier alpha value is -1.00. The molecule has 0 aliphatic heterocycles. The molecular weight excluding hydrogens is 1880 g/mol. The van der Waals surface area contributed by atoms with Crippen LogP contribution in [0, 0.1) is 273 Å². The molecule has 17 nitrogen and oxygen atoms in total. The molecule has 0 aromatic carbocycles. The summed E-state index contributed by atoms with van der Waals surface area (Å²) in [5.74, 6) is 18.5. The summed E-state index contributed by atoms with van der Waals surface area (Å²) in [6, 6.07) is 0. The van der Waals surface area contributed by atoms with Gasteiger partial charge in [-0.05, 0) is 491 Å². The first-order valence-corrected chi connectivity index (χ1v) is 64.1. The van der Waals surface area contributed by atoms with Crippen molar-refractivity contribution in [2.75, 3.05) is 26.6 Å². The number of carbonyl (C=O) groups excluding carboxylic acids is 2. The minimum Gasteiger partial charge on any atom is -0.481 e. The van der Waals surface area contributed by atoms with Crippen LogP contribution in [-0.2, 0) is 43.0 Å². The SMILES string of the molecule is CC[C@H]1[C@@H](O)[C@@H]2[C@H](CC[C@]3(C)[C@@H]([C@H](C)CC(=O)O)CC[C@@H]23)[C@@]2(C)CC[C@@H](O)C[C@@H]12.CC[C@H]1[C@@H](O)[C@@H]2[C@H](CC[C@]3(C)[C@@H]([C@H](C)CC(=O)OC)CC[C@@H]23)[C@@]2(C)CC[C@@H](C)C[C@@H]12.CC[C@H]1[C@@H](O)[C@@H]2[C@H](CC[C@]3(C)[C@@H]([C@H](C)CC(=O)OC)CC[C@@H]23)[C@@]2(C)CC[C@@H](O)C[C@@H]12.CC[C@H]1[C@@H](O)[C@@H]2[C@H](CC[C@]3(C)[C@@H]([C@H](C)CCO)CC[C@@H]23)[C@@]2(C)CC[C@@H](C)C[C@@H]12.CC[C@H]1[C@@H](O)[C@@H]2[C@H](CC[C@]3(C)[C@@H]([C@H](C)CC[S-](=O)=O)CC[C@@H]23)[C@@]2(C)CC[C@@H](O)C[C@@H]12.[Na+]. The topological polar surface area (TPSA) is 306 Å². The van der Waals surface area contributed by atoms with Gasteiger partial charge in [-0.2, -0.15) is 0 Å². The predicted octanol–water partition coefficient (Wildman–Crippen LogP) is 23.5. The first kappa shape index (κ1) is 121. The van der Waals surface area contributed by atoms with Crippen LogP contribution in [0.3, 0.4) is 0 Å². The van der Waals surface area contributed by atoms with Gasteiger partial charge in [0.25, 0.3) is 0 Å². The summed E-state index contributed by atoms with van der Waals surface area (Å²) in [6.45, 7) is 52.8. The van der Waals surface area contributed by atoms with Gasteiger partial charge in [-0.15, -0.1) is 0 Å². The van der Waals surface area contributed by atoms with Gasteiger partial charge in [-0.1, -0.05) is 220 Å². The molecule has 846 valence electrons. The van der Waals surface area contributed by atoms with Crippen LogP contribution in [0.5, 0.6) is 0 Å². The van der Waals surface area contributed by atoms with Crippen LogP contribution in [0.1, 0.15) is 441 Å². The molecule has 0 bridgehead atoms. The Morgan fingerprint density at radius 1 is 0.291 bits per heavy atom. The van der Waals surface area contributed by atoms with Gasteiger partial charge in [-0.3, -0.25) is 14.4 Å². The Labute approximate surface area is 924 Å². The van der Waals surface area contributed by atoms with Gasteiger partial charge in [0, 0.05) is 25.9 Å². The number of rotatable bonds is 21. The number of aliphatic hydroxyl groups excluding tert-OH is 9. The number of aliphatic carboxylic acids is 1. The number of aliphatic hydroxyl groups is 9. The molecule has 20 saturated carbocycles. The summed E-state index contributed by atoms with van der Waals surface area (Å²) >= 11 is 0. The number of carboxylic acid groups (broad SMARTS) is 1. The minimum absolute atomic E-state index is 0. The third-order valence-corrected chi connectivity index (χ3v) is 55.2. The number of methoxy groups -OCH3 is 2. The van der Waals surface area contributed by atoms with Gasteiger partial charge in [0.15, 0.2) is 0 Å². The van der Waals surface area contributed by atoms with Gasteiger partial charge >= 0.3 is 47.5 Å². The molecule has 0 heterocycles. The molecule has 20 fully saturated rings. The molecule has 0 saturated heterocycles. The van der Waals surface area contributed by atoms with E-state index in [4.69, 9.17) is 9.47 Å². The fourth-order valence-corrected chi connectivity index (χ4v) is 48.0. The van der Waals surface area contributed by atoms with Crippen molar-refractivity contribution in [2.45, 2.75) is 490 Å². The molecule has 0 spiro atoms. The summed E-state index contributed by atoms with van der Waals surface area (Å²) in [5, 5.41) is 109. The first-order valence-electron chi connectivity index (χ1n) is 62.8. The second-order valence-corrected chi connectivity index (χ2v) is 60.9. The molecule has 55 atom stereocenters. The van der Waals surface area contributed by atoms with Crippen molar-refractivity contribution in [3.63, 3.8) is 0 Å². The number of esters is 2. The van der Waals surface area contributed by atoms with E-state index in [1.54, 1.807) is 0 Å². The van der Waals surface area contributed by atoms with Gasteiger partial charge in [0.2, 0.25) is 0 Å². The summed E-state index contributed by atoms with van der Waals surface area (Å²) in [7, 11) is 1.04. The fourth-order valence-electron chi connectivity index (χ4n) is 47.4. The Kier molecular flexibility index (Phi) is 38.6. The van der Waals surface area contributed by atoms with Crippen LogP contribution in [0.4, 0.5) is 0 Å². The molecule has 0 radical (unpaired) electrons. The van der Waals surface area contributed by atoms with Crippen molar-refractivity contribution in [3.05, 3.63) is 0 Å². The van der Waals surface area contributed by atoms with E-state index in [1.807, 2.05) is 0 Å². The zero-order valence-corrected chi connectivity index (χ0v) is 101. The Morgan fingerprint density at radius 3 is 0.723 bits per heavy atom. The number of fused-ring (bicyclic) bond motifs is 25. The van der Waals surface area contributed by atoms with Crippen molar-refractivity contribution in [1.82, 2.24) is 0 Å². The summed E-state index contributed by atoms with van der Waals surface area (Å²) < 4.78 is 32.2. The second-order valence-electron chi connectivity index (χ2n) is 59.9. The molecule has 20 aliphatic rings.